The number of amidine groups is 1. The van der Waals surface area contributed by atoms with Gasteiger partial charge in [0.2, 0.25) is 5.91 Å². The highest BCUT2D eigenvalue weighted by Gasteiger charge is 2.37. The van der Waals surface area contributed by atoms with E-state index in [2.05, 4.69) is 31.4 Å². The zero-order chi connectivity index (χ0) is 24.1. The number of benzene rings is 1. The van der Waals surface area contributed by atoms with E-state index in [1.165, 1.54) is 0 Å². The molecule has 0 aromatic heterocycles. The lowest BCUT2D eigenvalue weighted by Gasteiger charge is -2.32. The van der Waals surface area contributed by atoms with Gasteiger partial charge in [0, 0.05) is 25.9 Å². The first-order valence-electron chi connectivity index (χ1n) is 12.9. The van der Waals surface area contributed by atoms with Gasteiger partial charge in [-0.1, -0.05) is 77.1 Å². The molecule has 3 amide bonds. The van der Waals surface area contributed by atoms with Crippen molar-refractivity contribution in [1.82, 2.24) is 15.5 Å². The van der Waals surface area contributed by atoms with Crippen LogP contribution in [0, 0.1) is 10.8 Å². The molecule has 33 heavy (non-hydrogen) atoms. The number of likely N-dealkylation sites (tertiary alicyclic amines) is 1. The monoisotopic (exact) mass is 456 g/mol. The number of carbonyl (C=O) groups is 2. The van der Waals surface area contributed by atoms with Gasteiger partial charge in [-0.3, -0.25) is 15.1 Å². The van der Waals surface area contributed by atoms with E-state index >= 15 is 0 Å². The molecule has 1 fully saturated rings. The van der Waals surface area contributed by atoms with Crippen molar-refractivity contribution in [2.75, 3.05) is 6.54 Å². The van der Waals surface area contributed by atoms with Crippen LogP contribution < -0.4 is 10.6 Å². The number of hydrogen-bond donors (Lipinski definition) is 3. The SMILES string of the molecule is CCCCNC(=O)NCc1ccc(CN2C(=N)CCC(CCCC)(CCCC)CC2=O)cc1. The first kappa shape index (κ1) is 26.9. The minimum absolute atomic E-state index is 0.0530. The molecular formula is C27H44N4O2. The summed E-state index contributed by atoms with van der Waals surface area (Å²) < 4.78 is 0. The largest absolute Gasteiger partial charge is 0.338 e. The molecule has 0 saturated carbocycles. The summed E-state index contributed by atoms with van der Waals surface area (Å²) in [6.07, 6.45) is 11.0. The summed E-state index contributed by atoms with van der Waals surface area (Å²) in [5, 5.41) is 14.3. The Kier molecular flexibility index (Phi) is 11.4. The Morgan fingerprint density at radius 3 is 2.18 bits per heavy atom. The molecule has 0 aliphatic carbocycles. The average molecular weight is 457 g/mol. The minimum Gasteiger partial charge on any atom is -0.338 e. The molecule has 1 saturated heterocycles. The molecule has 6 heteroatoms. The van der Waals surface area contributed by atoms with Gasteiger partial charge in [0.25, 0.3) is 0 Å². The fourth-order valence-corrected chi connectivity index (χ4v) is 4.58. The quantitative estimate of drug-likeness (QED) is 0.311. The molecule has 2 rings (SSSR count). The number of nitrogens with zero attached hydrogens (tertiary/aromatic N) is 1. The van der Waals surface area contributed by atoms with Gasteiger partial charge in [0.1, 0.15) is 5.84 Å². The highest BCUT2D eigenvalue weighted by Crippen LogP contribution is 2.42. The van der Waals surface area contributed by atoms with Crippen molar-refractivity contribution in [3.05, 3.63) is 35.4 Å². The molecule has 1 aromatic carbocycles. The first-order valence-corrected chi connectivity index (χ1v) is 12.9. The first-order chi connectivity index (χ1) is 15.9. The van der Waals surface area contributed by atoms with Crippen molar-refractivity contribution in [2.45, 2.75) is 104 Å². The second-order valence-corrected chi connectivity index (χ2v) is 9.59. The van der Waals surface area contributed by atoms with Crippen LogP contribution >= 0.6 is 0 Å². The average Bonchev–Trinajstić information content (AvgIpc) is 2.93. The van der Waals surface area contributed by atoms with Gasteiger partial charge >= 0.3 is 6.03 Å². The van der Waals surface area contributed by atoms with Gasteiger partial charge in [0.05, 0.1) is 6.54 Å². The Labute approximate surface area is 200 Å². The standard InChI is InChI=1S/C27H44N4O2/c1-4-7-15-27(16-8-5-2)17-14-24(28)31(25(32)19-27)21-23-12-10-22(11-13-23)20-30-26(33)29-18-9-6-3/h10-13,28H,4-9,14-21H2,1-3H3,(H2,29,30,33). The summed E-state index contributed by atoms with van der Waals surface area (Å²) in [6.45, 7) is 8.11. The van der Waals surface area contributed by atoms with Crippen LogP contribution in [0.2, 0.25) is 0 Å². The summed E-state index contributed by atoms with van der Waals surface area (Å²) in [7, 11) is 0. The molecule has 184 valence electrons. The fraction of sp³-hybridized carbons (Fsp3) is 0.667. The maximum absolute atomic E-state index is 13.3. The molecule has 0 atom stereocenters. The number of rotatable bonds is 13. The Balaban J connectivity index is 1.96. The van der Waals surface area contributed by atoms with Gasteiger partial charge < -0.3 is 10.6 Å². The maximum Gasteiger partial charge on any atom is 0.315 e. The Morgan fingerprint density at radius 1 is 0.970 bits per heavy atom. The van der Waals surface area contributed by atoms with Crippen molar-refractivity contribution < 1.29 is 9.59 Å². The molecule has 0 radical (unpaired) electrons. The Bertz CT molecular complexity index is 752. The fourth-order valence-electron chi connectivity index (χ4n) is 4.58. The van der Waals surface area contributed by atoms with Crippen LogP contribution in [-0.2, 0) is 17.9 Å². The van der Waals surface area contributed by atoms with E-state index in [1.807, 2.05) is 24.3 Å². The number of unbranched alkanes of at least 4 members (excludes halogenated alkanes) is 3. The lowest BCUT2D eigenvalue weighted by atomic mass is 9.72. The molecule has 1 aromatic rings. The van der Waals surface area contributed by atoms with E-state index in [0.717, 1.165) is 68.9 Å². The third-order valence-electron chi connectivity index (χ3n) is 6.80. The predicted octanol–water partition coefficient (Wildman–Crippen LogP) is 6.14. The summed E-state index contributed by atoms with van der Waals surface area (Å²) in [6, 6.07) is 7.82. The number of amides is 3. The number of carbonyl (C=O) groups excluding carboxylic acids is 2. The highest BCUT2D eigenvalue weighted by atomic mass is 16.2. The molecule has 3 N–H and O–H groups in total. The second kappa shape index (κ2) is 14.0. The van der Waals surface area contributed by atoms with Gasteiger partial charge in [-0.2, -0.15) is 0 Å². The van der Waals surface area contributed by atoms with E-state index in [-0.39, 0.29) is 17.4 Å². The van der Waals surface area contributed by atoms with Crippen LogP contribution in [0.1, 0.15) is 103 Å². The van der Waals surface area contributed by atoms with E-state index < -0.39 is 0 Å². The van der Waals surface area contributed by atoms with Crippen LogP contribution in [-0.4, -0.2) is 29.2 Å². The Morgan fingerprint density at radius 2 is 1.58 bits per heavy atom. The van der Waals surface area contributed by atoms with Crippen molar-refractivity contribution in [1.29, 1.82) is 5.41 Å². The molecule has 1 aliphatic heterocycles. The molecule has 0 spiro atoms. The minimum atomic E-state index is -0.147. The van der Waals surface area contributed by atoms with Crippen LogP contribution in [0.4, 0.5) is 4.79 Å². The predicted molar refractivity (Wildman–Crippen MR) is 135 cm³/mol. The molecule has 0 unspecified atom stereocenters. The maximum atomic E-state index is 13.3. The lowest BCUT2D eigenvalue weighted by molar-refractivity contribution is -0.130. The van der Waals surface area contributed by atoms with Crippen molar-refractivity contribution in [2.24, 2.45) is 5.41 Å². The molecule has 0 bridgehead atoms. The molecule has 6 nitrogen and oxygen atoms in total. The van der Waals surface area contributed by atoms with Crippen LogP contribution in [0.25, 0.3) is 0 Å². The molecular weight excluding hydrogens is 412 g/mol. The summed E-state index contributed by atoms with van der Waals surface area (Å²) in [5.74, 6) is 0.545. The zero-order valence-corrected chi connectivity index (χ0v) is 21.0. The zero-order valence-electron chi connectivity index (χ0n) is 21.0. The van der Waals surface area contributed by atoms with E-state index in [4.69, 9.17) is 5.41 Å². The van der Waals surface area contributed by atoms with Gasteiger partial charge in [0.15, 0.2) is 0 Å². The van der Waals surface area contributed by atoms with Crippen molar-refractivity contribution in [3.8, 4) is 0 Å². The third kappa shape index (κ3) is 8.82. The van der Waals surface area contributed by atoms with E-state index in [1.54, 1.807) is 4.90 Å². The Hall–Kier alpha value is -2.37. The second-order valence-electron chi connectivity index (χ2n) is 9.59. The molecule has 1 aliphatic rings. The number of hydrogen-bond acceptors (Lipinski definition) is 3. The van der Waals surface area contributed by atoms with Crippen LogP contribution in [0.5, 0.6) is 0 Å². The van der Waals surface area contributed by atoms with Gasteiger partial charge in [-0.15, -0.1) is 0 Å². The topological polar surface area (TPSA) is 85.3 Å². The summed E-state index contributed by atoms with van der Waals surface area (Å²) in [4.78, 5) is 26.8. The summed E-state index contributed by atoms with van der Waals surface area (Å²) in [5.41, 5.74) is 2.08. The smallest absolute Gasteiger partial charge is 0.315 e. The molecule has 1 heterocycles. The summed E-state index contributed by atoms with van der Waals surface area (Å²) >= 11 is 0. The van der Waals surface area contributed by atoms with E-state index in [9.17, 15) is 9.59 Å². The lowest BCUT2D eigenvalue weighted by Crippen LogP contribution is -2.36. The van der Waals surface area contributed by atoms with Crippen LogP contribution in [0.3, 0.4) is 0 Å². The van der Waals surface area contributed by atoms with Crippen molar-refractivity contribution in [3.63, 3.8) is 0 Å². The van der Waals surface area contributed by atoms with Crippen molar-refractivity contribution >= 4 is 17.8 Å². The van der Waals surface area contributed by atoms with Crippen LogP contribution in [0.15, 0.2) is 24.3 Å². The third-order valence-corrected chi connectivity index (χ3v) is 6.80. The number of nitrogens with one attached hydrogen (secondary N) is 3. The van der Waals surface area contributed by atoms with Gasteiger partial charge in [-0.05, 0) is 42.2 Å². The van der Waals surface area contributed by atoms with Gasteiger partial charge in [-0.25, -0.2) is 4.79 Å². The number of urea groups is 1. The van der Waals surface area contributed by atoms with E-state index in [0.29, 0.717) is 38.3 Å². The normalized spacial score (nSPS) is 15.9. The highest BCUT2D eigenvalue weighted by molar-refractivity contribution is 5.97.